The zero-order valence-electron chi connectivity index (χ0n) is 17.3. The van der Waals surface area contributed by atoms with Crippen LogP contribution in [0.2, 0.25) is 0 Å². The minimum Gasteiger partial charge on any atom is -0.489 e. The number of para-hydroxylation sites is 1. The molecule has 0 aliphatic rings. The maximum absolute atomic E-state index is 12.3. The van der Waals surface area contributed by atoms with Gasteiger partial charge in [-0.2, -0.15) is 0 Å². The molecule has 0 bridgehead atoms. The molecule has 0 fully saturated rings. The Morgan fingerprint density at radius 2 is 1.87 bits per heavy atom. The molecular formula is C25H24N2O3S. The summed E-state index contributed by atoms with van der Waals surface area (Å²) in [7, 11) is -1.18. The number of hydrogen-bond acceptors (Lipinski definition) is 4. The largest absolute Gasteiger partial charge is 0.489 e. The summed E-state index contributed by atoms with van der Waals surface area (Å²) < 4.78 is 20.1. The molecule has 31 heavy (non-hydrogen) atoms. The maximum Gasteiger partial charge on any atom is 0.124 e. The van der Waals surface area contributed by atoms with Crippen molar-refractivity contribution in [2.75, 3.05) is 6.26 Å². The topological polar surface area (TPSA) is 74.3 Å². The number of carbonyl (C=O) groups excluding carboxylic acids is 1. The summed E-state index contributed by atoms with van der Waals surface area (Å²) in [5, 5.41) is 1.02. The molecule has 0 radical (unpaired) electrons. The minimum absolute atomic E-state index is 0.310. The molecule has 3 aromatic carbocycles. The molecule has 0 amide bonds. The van der Waals surface area contributed by atoms with E-state index in [-0.39, 0.29) is 0 Å². The van der Waals surface area contributed by atoms with Gasteiger partial charge in [-0.25, -0.2) is 4.21 Å². The summed E-state index contributed by atoms with van der Waals surface area (Å²) in [4.78, 5) is 11.0. The second-order valence-electron chi connectivity index (χ2n) is 7.31. The standard InChI is InChI=1S/C25H24N2O3S/c1-31(29)27-11-9-22-23(21-7-4-5-18(13-21)16-26)14-19(15-24(22)27)17-30-25-8-3-2-6-20(25)10-12-28/h2-9,11-15H,10,16-17,26H2,1H3. The van der Waals surface area contributed by atoms with Gasteiger partial charge in [-0.1, -0.05) is 36.4 Å². The van der Waals surface area contributed by atoms with Gasteiger partial charge in [0.05, 0.1) is 5.52 Å². The SMILES string of the molecule is CS(=O)n1ccc2c(-c3cccc(CN)c3)cc(COc3ccccc3CC=O)cc21. The molecule has 0 aliphatic heterocycles. The van der Waals surface area contributed by atoms with Gasteiger partial charge in [-0.05, 0) is 52.6 Å². The van der Waals surface area contributed by atoms with E-state index in [4.69, 9.17) is 10.5 Å². The molecule has 1 heterocycles. The maximum atomic E-state index is 12.3. The van der Waals surface area contributed by atoms with E-state index in [1.54, 1.807) is 10.2 Å². The van der Waals surface area contributed by atoms with Crippen LogP contribution in [0.25, 0.3) is 22.0 Å². The van der Waals surface area contributed by atoms with Crippen molar-refractivity contribution < 1.29 is 13.7 Å². The highest BCUT2D eigenvalue weighted by Gasteiger charge is 2.13. The highest BCUT2D eigenvalue weighted by Crippen LogP contribution is 2.32. The van der Waals surface area contributed by atoms with Crippen LogP contribution < -0.4 is 10.5 Å². The predicted molar refractivity (Wildman–Crippen MR) is 125 cm³/mol. The van der Waals surface area contributed by atoms with Gasteiger partial charge >= 0.3 is 0 Å². The lowest BCUT2D eigenvalue weighted by molar-refractivity contribution is -0.107. The Balaban J connectivity index is 1.78. The van der Waals surface area contributed by atoms with Crippen molar-refractivity contribution in [3.05, 3.63) is 89.6 Å². The summed E-state index contributed by atoms with van der Waals surface area (Å²) >= 11 is 0. The highest BCUT2D eigenvalue weighted by atomic mass is 32.2. The molecule has 1 atom stereocenters. The average molecular weight is 433 g/mol. The number of aldehydes is 1. The summed E-state index contributed by atoms with van der Waals surface area (Å²) in [6.07, 6.45) is 4.69. The molecule has 2 N–H and O–H groups in total. The fourth-order valence-electron chi connectivity index (χ4n) is 3.75. The minimum atomic E-state index is -1.18. The number of fused-ring (bicyclic) bond motifs is 1. The molecule has 5 nitrogen and oxygen atoms in total. The Hall–Kier alpha value is -3.22. The van der Waals surface area contributed by atoms with Crippen molar-refractivity contribution in [3.63, 3.8) is 0 Å². The number of carbonyl (C=O) groups is 1. The van der Waals surface area contributed by atoms with Crippen molar-refractivity contribution in [1.29, 1.82) is 0 Å². The summed E-state index contributed by atoms with van der Waals surface area (Å²) in [5.74, 6) is 0.691. The molecule has 0 aliphatic carbocycles. The van der Waals surface area contributed by atoms with Gasteiger partial charge in [0.25, 0.3) is 0 Å². The monoisotopic (exact) mass is 432 g/mol. The van der Waals surface area contributed by atoms with E-state index >= 15 is 0 Å². The lowest BCUT2D eigenvalue weighted by atomic mass is 9.97. The van der Waals surface area contributed by atoms with Crippen LogP contribution in [-0.2, 0) is 35.4 Å². The van der Waals surface area contributed by atoms with Crippen LogP contribution in [0.15, 0.2) is 72.9 Å². The third-order valence-electron chi connectivity index (χ3n) is 5.25. The quantitative estimate of drug-likeness (QED) is 0.423. The number of benzene rings is 3. The van der Waals surface area contributed by atoms with Gasteiger partial charge in [0.2, 0.25) is 0 Å². The van der Waals surface area contributed by atoms with Crippen LogP contribution in [0.4, 0.5) is 0 Å². The van der Waals surface area contributed by atoms with Gasteiger partial charge in [-0.3, -0.25) is 3.97 Å². The van der Waals surface area contributed by atoms with Crippen molar-refractivity contribution in [2.45, 2.75) is 19.6 Å². The number of nitrogens with two attached hydrogens (primary N) is 1. The smallest absolute Gasteiger partial charge is 0.124 e. The van der Waals surface area contributed by atoms with E-state index < -0.39 is 11.0 Å². The van der Waals surface area contributed by atoms with Gasteiger partial charge in [0, 0.05) is 36.4 Å². The van der Waals surface area contributed by atoms with E-state index in [2.05, 4.69) is 18.2 Å². The molecule has 0 spiro atoms. The van der Waals surface area contributed by atoms with E-state index in [0.29, 0.717) is 25.3 Å². The van der Waals surface area contributed by atoms with Crippen LogP contribution in [0.1, 0.15) is 16.7 Å². The Morgan fingerprint density at radius 1 is 1.03 bits per heavy atom. The van der Waals surface area contributed by atoms with Crippen molar-refractivity contribution in [2.24, 2.45) is 5.73 Å². The number of aromatic nitrogens is 1. The Bertz CT molecular complexity index is 1260. The Labute approximate surface area is 184 Å². The Morgan fingerprint density at radius 3 is 2.65 bits per heavy atom. The number of hydrogen-bond donors (Lipinski definition) is 1. The van der Waals surface area contributed by atoms with Crippen molar-refractivity contribution in [3.8, 4) is 16.9 Å². The van der Waals surface area contributed by atoms with Gasteiger partial charge in [-0.15, -0.1) is 0 Å². The number of nitrogens with zero attached hydrogens (tertiary/aromatic N) is 1. The molecule has 6 heteroatoms. The van der Waals surface area contributed by atoms with Crippen LogP contribution in [0.5, 0.6) is 5.75 Å². The van der Waals surface area contributed by atoms with E-state index in [0.717, 1.165) is 45.0 Å². The zero-order valence-corrected chi connectivity index (χ0v) is 18.1. The first-order valence-corrected chi connectivity index (χ1v) is 11.5. The van der Waals surface area contributed by atoms with E-state index in [1.807, 2.05) is 54.7 Å². The summed E-state index contributed by atoms with van der Waals surface area (Å²) in [6, 6.07) is 21.8. The first-order chi connectivity index (χ1) is 15.1. The van der Waals surface area contributed by atoms with Crippen molar-refractivity contribution in [1.82, 2.24) is 3.97 Å². The average Bonchev–Trinajstić information content (AvgIpc) is 3.22. The molecule has 0 saturated carbocycles. The van der Waals surface area contributed by atoms with Gasteiger partial charge < -0.3 is 15.3 Å². The third kappa shape index (κ3) is 4.45. The summed E-state index contributed by atoms with van der Waals surface area (Å²) in [6.45, 7) is 0.796. The van der Waals surface area contributed by atoms with Crippen LogP contribution >= 0.6 is 0 Å². The van der Waals surface area contributed by atoms with Crippen molar-refractivity contribution >= 4 is 28.2 Å². The molecule has 4 aromatic rings. The van der Waals surface area contributed by atoms with Crippen LogP contribution in [-0.4, -0.2) is 20.7 Å². The lowest BCUT2D eigenvalue weighted by Crippen LogP contribution is -2.03. The molecular weight excluding hydrogens is 408 g/mol. The van der Waals surface area contributed by atoms with Crippen LogP contribution in [0, 0.1) is 0 Å². The third-order valence-corrected chi connectivity index (χ3v) is 6.13. The fourth-order valence-corrected chi connectivity index (χ4v) is 4.41. The highest BCUT2D eigenvalue weighted by molar-refractivity contribution is 7.82. The van der Waals surface area contributed by atoms with Crippen LogP contribution in [0.3, 0.4) is 0 Å². The van der Waals surface area contributed by atoms with Gasteiger partial charge in [0.15, 0.2) is 0 Å². The molecule has 1 aromatic heterocycles. The second kappa shape index (κ2) is 9.29. The molecule has 1 unspecified atom stereocenters. The predicted octanol–water partition coefficient (Wildman–Crippen LogP) is 4.23. The number of rotatable bonds is 8. The summed E-state index contributed by atoms with van der Waals surface area (Å²) in [5.41, 5.74) is 11.7. The van der Waals surface area contributed by atoms with E-state index in [9.17, 15) is 9.00 Å². The first kappa shape index (κ1) is 21.0. The normalized spacial score (nSPS) is 12.1. The number of ether oxygens (including phenoxy) is 1. The second-order valence-corrected chi connectivity index (χ2v) is 8.55. The van der Waals surface area contributed by atoms with E-state index in [1.165, 1.54) is 0 Å². The Kier molecular flexibility index (Phi) is 6.30. The molecule has 4 rings (SSSR count). The van der Waals surface area contributed by atoms with Gasteiger partial charge in [0.1, 0.15) is 29.6 Å². The fraction of sp³-hybridized carbons (Fsp3) is 0.160. The first-order valence-electron chi connectivity index (χ1n) is 10.0. The lowest BCUT2D eigenvalue weighted by Gasteiger charge is -2.13. The zero-order chi connectivity index (χ0) is 21.8. The molecule has 158 valence electrons. The molecule has 0 saturated heterocycles.